The second-order valence-corrected chi connectivity index (χ2v) is 17.5. The van der Waals surface area contributed by atoms with Crippen molar-refractivity contribution in [1.82, 2.24) is 0 Å². The molecular formula is C37H58O12. The molecule has 2 saturated heterocycles. The Kier molecular flexibility index (Phi) is 9.26. The van der Waals surface area contributed by atoms with Crippen molar-refractivity contribution in [1.29, 1.82) is 0 Å². The van der Waals surface area contributed by atoms with E-state index >= 15 is 0 Å². The Bertz CT molecular complexity index is 1330. The van der Waals surface area contributed by atoms with Crippen molar-refractivity contribution in [2.24, 2.45) is 51.2 Å². The van der Waals surface area contributed by atoms with E-state index in [0.29, 0.717) is 12.8 Å². The van der Waals surface area contributed by atoms with Gasteiger partial charge in [0, 0.05) is 5.41 Å². The van der Waals surface area contributed by atoms with Gasteiger partial charge in [-0.1, -0.05) is 32.9 Å². The van der Waals surface area contributed by atoms with Crippen LogP contribution >= 0.6 is 0 Å². The second kappa shape index (κ2) is 12.2. The van der Waals surface area contributed by atoms with Crippen molar-refractivity contribution in [3.8, 4) is 0 Å². The Morgan fingerprint density at radius 3 is 2.20 bits per heavy atom. The molecule has 6 fully saturated rings. The number of fused-ring (bicyclic) bond motifs is 7. The van der Waals surface area contributed by atoms with E-state index in [-0.39, 0.29) is 48.9 Å². The first-order chi connectivity index (χ1) is 22.8. The lowest BCUT2D eigenvalue weighted by atomic mass is 9.33. The van der Waals surface area contributed by atoms with Crippen molar-refractivity contribution in [2.75, 3.05) is 13.7 Å². The van der Waals surface area contributed by atoms with Crippen molar-refractivity contribution in [3.63, 3.8) is 0 Å². The van der Waals surface area contributed by atoms with Crippen molar-refractivity contribution in [2.45, 2.75) is 141 Å². The normalized spacial score (nSPS) is 53.0. The van der Waals surface area contributed by atoms with Crippen LogP contribution in [-0.2, 0) is 28.5 Å². The highest BCUT2D eigenvalue weighted by molar-refractivity contribution is 5.79. The van der Waals surface area contributed by atoms with Crippen LogP contribution in [0.1, 0.15) is 86.5 Å². The van der Waals surface area contributed by atoms with Gasteiger partial charge in [0.15, 0.2) is 0 Å². The largest absolute Gasteiger partial charge is 0.469 e. The third kappa shape index (κ3) is 4.98. The number of rotatable bonds is 6. The fourth-order valence-corrected chi connectivity index (χ4v) is 12.9. The van der Waals surface area contributed by atoms with Gasteiger partial charge in [-0.2, -0.15) is 0 Å². The number of hydrogen-bond acceptors (Lipinski definition) is 12. The number of ether oxygens (including phenoxy) is 4. The summed E-state index contributed by atoms with van der Waals surface area (Å²) in [7, 11) is 1.37. The lowest BCUT2D eigenvalue weighted by Gasteiger charge is -2.71. The Labute approximate surface area is 289 Å². The number of esters is 2. The van der Waals surface area contributed by atoms with Gasteiger partial charge in [0.05, 0.1) is 49.5 Å². The Morgan fingerprint density at radius 1 is 0.918 bits per heavy atom. The molecule has 12 nitrogen and oxygen atoms in total. The summed E-state index contributed by atoms with van der Waals surface area (Å²) >= 11 is 0. The maximum absolute atomic E-state index is 14.5. The number of allylic oxidation sites excluding steroid dienone is 1. The van der Waals surface area contributed by atoms with Crippen LogP contribution in [-0.4, -0.2) is 111 Å². The van der Waals surface area contributed by atoms with E-state index in [1.54, 1.807) is 0 Å². The summed E-state index contributed by atoms with van der Waals surface area (Å²) in [6.07, 6.45) is -7.20. The van der Waals surface area contributed by atoms with Gasteiger partial charge in [-0.3, -0.25) is 9.59 Å². The van der Waals surface area contributed by atoms with Gasteiger partial charge >= 0.3 is 11.9 Å². The van der Waals surface area contributed by atoms with Gasteiger partial charge in [0.1, 0.15) is 24.4 Å². The van der Waals surface area contributed by atoms with Gasteiger partial charge in [-0.15, -0.1) is 0 Å². The fourth-order valence-electron chi connectivity index (χ4n) is 12.9. The van der Waals surface area contributed by atoms with Gasteiger partial charge in [0.2, 0.25) is 6.29 Å². The average molecular weight is 695 g/mol. The van der Waals surface area contributed by atoms with Crippen molar-refractivity contribution < 1.29 is 59.2 Å². The van der Waals surface area contributed by atoms with Gasteiger partial charge in [-0.05, 0) is 99.7 Å². The molecule has 6 aliphatic rings. The lowest BCUT2D eigenvalue weighted by Crippen LogP contribution is -2.70. The molecule has 0 aromatic rings. The van der Waals surface area contributed by atoms with E-state index in [4.69, 9.17) is 18.9 Å². The van der Waals surface area contributed by atoms with Crippen LogP contribution < -0.4 is 0 Å². The molecule has 0 spiro atoms. The Morgan fingerprint density at radius 2 is 1.59 bits per heavy atom. The molecule has 0 amide bonds. The first-order valence-electron chi connectivity index (χ1n) is 18.0. The van der Waals surface area contributed by atoms with Crippen molar-refractivity contribution in [3.05, 3.63) is 12.2 Å². The van der Waals surface area contributed by atoms with Crippen molar-refractivity contribution >= 4 is 11.9 Å². The van der Waals surface area contributed by atoms with Crippen LogP contribution in [0.4, 0.5) is 0 Å². The third-order valence-corrected chi connectivity index (χ3v) is 15.3. The highest BCUT2D eigenvalue weighted by Gasteiger charge is 2.77. The minimum atomic E-state index is -1.77. The van der Waals surface area contributed by atoms with E-state index < -0.39 is 94.8 Å². The number of aliphatic hydroxyl groups excluding tert-OH is 6. The summed E-state index contributed by atoms with van der Waals surface area (Å²) in [5, 5.41) is 65.4. The van der Waals surface area contributed by atoms with Gasteiger partial charge in [0.25, 0.3) is 0 Å². The van der Waals surface area contributed by atoms with Crippen LogP contribution in [0, 0.1) is 51.2 Å². The van der Waals surface area contributed by atoms with Crippen LogP contribution in [0.5, 0.6) is 0 Å². The van der Waals surface area contributed by atoms with E-state index in [0.717, 1.165) is 18.4 Å². The minimum absolute atomic E-state index is 0.0891. The predicted molar refractivity (Wildman–Crippen MR) is 174 cm³/mol. The van der Waals surface area contributed by atoms with Crippen LogP contribution in [0.3, 0.4) is 0 Å². The monoisotopic (exact) mass is 694 g/mol. The zero-order valence-corrected chi connectivity index (χ0v) is 30.0. The van der Waals surface area contributed by atoms with Gasteiger partial charge < -0.3 is 49.6 Å². The molecule has 2 aliphatic heterocycles. The summed E-state index contributed by atoms with van der Waals surface area (Å²) in [5.41, 5.74) is -2.48. The molecule has 0 aromatic heterocycles. The number of carbonyl (C=O) groups is 2. The molecule has 1 unspecified atom stereocenters. The topological polar surface area (TPSA) is 192 Å². The van der Waals surface area contributed by atoms with E-state index in [1.165, 1.54) is 7.11 Å². The van der Waals surface area contributed by atoms with Crippen LogP contribution in [0.25, 0.3) is 0 Å². The molecule has 6 rings (SSSR count). The molecule has 4 saturated carbocycles. The average Bonchev–Trinajstić information content (AvgIpc) is 3.44. The molecule has 12 heteroatoms. The highest BCUT2D eigenvalue weighted by atomic mass is 16.7. The Hall–Kier alpha value is -1.64. The number of methoxy groups -OCH3 is 1. The third-order valence-electron chi connectivity index (χ3n) is 15.3. The maximum atomic E-state index is 14.5. The molecule has 6 N–H and O–H groups in total. The van der Waals surface area contributed by atoms with Crippen LogP contribution in [0.2, 0.25) is 0 Å². The maximum Gasteiger partial charge on any atom is 0.317 e. The molecule has 4 aliphatic carbocycles. The number of hydrogen-bond donors (Lipinski definition) is 6. The molecule has 17 atom stereocenters. The summed E-state index contributed by atoms with van der Waals surface area (Å²) in [5.74, 6) is -2.21. The molecule has 278 valence electrons. The summed E-state index contributed by atoms with van der Waals surface area (Å²) < 4.78 is 23.1. The molecule has 0 bridgehead atoms. The molecule has 49 heavy (non-hydrogen) atoms. The highest BCUT2D eigenvalue weighted by Crippen LogP contribution is 2.77. The van der Waals surface area contributed by atoms with E-state index in [2.05, 4.69) is 41.2 Å². The summed E-state index contributed by atoms with van der Waals surface area (Å²) in [4.78, 5) is 27.2. The fraction of sp³-hybridized carbons (Fsp3) is 0.892. The Balaban J connectivity index is 1.39. The summed E-state index contributed by atoms with van der Waals surface area (Å²) in [6, 6.07) is 0. The predicted octanol–water partition coefficient (Wildman–Crippen LogP) is 1.85. The zero-order chi connectivity index (χ0) is 36.2. The van der Waals surface area contributed by atoms with Crippen LogP contribution in [0.15, 0.2) is 12.2 Å². The van der Waals surface area contributed by atoms with Gasteiger partial charge in [-0.25, -0.2) is 0 Å². The minimum Gasteiger partial charge on any atom is -0.469 e. The second-order valence-electron chi connectivity index (χ2n) is 17.5. The number of carbonyl (C=O) groups excluding carboxylic acids is 2. The summed E-state index contributed by atoms with van der Waals surface area (Å²) in [6.45, 7) is 16.3. The van der Waals surface area contributed by atoms with E-state index in [9.17, 15) is 40.2 Å². The molecule has 2 heterocycles. The smallest absolute Gasteiger partial charge is 0.317 e. The first kappa shape index (κ1) is 37.1. The SMILES string of the molecule is C=C(C)[C@@H]1C[C@@H](O)[C@]2(C(=O)O[C@@H]3O[C@H](CO)[C@@H](O)[C@H](O)[C@H]3O)CC[C@]3(C)[C@H](C[C@@H](O)[C@@H]4[C@@]5(C)C(CC(=O)OC)OC(C)(C)[C@@H]5CC[C@]43C)[C@@H]12. The molecule has 0 aromatic carbocycles. The zero-order valence-electron chi connectivity index (χ0n) is 30.0. The first-order valence-corrected chi connectivity index (χ1v) is 18.0. The molecular weight excluding hydrogens is 636 g/mol. The molecule has 0 radical (unpaired) electrons. The quantitative estimate of drug-likeness (QED) is 0.175. The number of aliphatic hydroxyl groups is 6. The standard InChI is InChI=1S/C37H58O12/c1-17(2)18-13-23(40)37(32(45)48-31-29(44)28(43)27(42)21(16-38)47-31)12-11-34(5)19(26(18)37)14-20(39)30-35(34,6)10-9-22-33(3,4)49-24(36(22,30)7)15-25(41)46-8/h18-24,26-31,38-40,42-44H,1,9-16H2,2-8H3/t18-,19+,20+,21+,22-,23+,24?,26+,27+,28-,29+,30-,31-,34+,35+,36+,37+/m0/s1. The van der Waals surface area contributed by atoms with E-state index in [1.807, 2.05) is 6.92 Å². The lowest BCUT2D eigenvalue weighted by molar-refractivity contribution is -0.301.